The molecule has 1 atom stereocenters. The summed E-state index contributed by atoms with van der Waals surface area (Å²) >= 11 is 0. The summed E-state index contributed by atoms with van der Waals surface area (Å²) in [6.45, 7) is 9.01. The molecule has 18 heavy (non-hydrogen) atoms. The maximum atomic E-state index is 11.7. The van der Waals surface area contributed by atoms with Gasteiger partial charge in [0.1, 0.15) is 0 Å². The van der Waals surface area contributed by atoms with Gasteiger partial charge in [0.2, 0.25) is 5.91 Å². The number of unbranched alkanes of at least 4 members (excludes halogenated alkanes) is 1. The lowest BCUT2D eigenvalue weighted by Gasteiger charge is -2.16. The minimum atomic E-state index is 0.0881. The molecule has 0 rings (SSSR count). The van der Waals surface area contributed by atoms with Gasteiger partial charge in [-0.3, -0.25) is 4.79 Å². The van der Waals surface area contributed by atoms with Crippen LogP contribution in [0.4, 0.5) is 0 Å². The van der Waals surface area contributed by atoms with Crippen molar-refractivity contribution in [3.63, 3.8) is 0 Å². The smallest absolute Gasteiger partial charge is 0.220 e. The van der Waals surface area contributed by atoms with E-state index >= 15 is 0 Å². The number of nitrogens with one attached hydrogen (secondary N) is 1. The zero-order chi connectivity index (χ0) is 13.8. The second-order valence-electron chi connectivity index (χ2n) is 5.25. The molecular weight excluding hydrogens is 228 g/mol. The molecule has 0 heterocycles. The summed E-state index contributed by atoms with van der Waals surface area (Å²) in [6, 6.07) is 0. The number of carbonyl (C=O) groups is 1. The van der Waals surface area contributed by atoms with E-state index in [0.717, 1.165) is 25.9 Å². The molecule has 0 radical (unpaired) electrons. The molecule has 0 unspecified atom stereocenters. The Hall–Kier alpha value is -0.610. The van der Waals surface area contributed by atoms with Crippen LogP contribution in [0.15, 0.2) is 0 Å². The molecule has 108 valence electrons. The van der Waals surface area contributed by atoms with E-state index in [1.165, 1.54) is 0 Å². The molecule has 1 amide bonds. The second-order valence-corrected chi connectivity index (χ2v) is 5.25. The van der Waals surface area contributed by atoms with Crippen molar-refractivity contribution in [3.05, 3.63) is 0 Å². The third-order valence-corrected chi connectivity index (χ3v) is 2.82. The highest BCUT2D eigenvalue weighted by Crippen LogP contribution is 2.13. The first-order chi connectivity index (χ1) is 8.60. The number of hydrogen-bond donors (Lipinski definition) is 2. The summed E-state index contributed by atoms with van der Waals surface area (Å²) in [4.78, 5) is 11.7. The van der Waals surface area contributed by atoms with Crippen LogP contribution >= 0.6 is 0 Å². The quantitative estimate of drug-likeness (QED) is 0.557. The molecule has 0 aliphatic heterocycles. The Morgan fingerprint density at radius 1 is 1.33 bits per heavy atom. The molecule has 0 aliphatic rings. The average Bonchev–Trinajstić information content (AvgIpc) is 2.32. The van der Waals surface area contributed by atoms with Crippen molar-refractivity contribution >= 4 is 5.91 Å². The summed E-state index contributed by atoms with van der Waals surface area (Å²) in [6.07, 6.45) is 3.76. The summed E-state index contributed by atoms with van der Waals surface area (Å²) in [5.74, 6) is 0.972. The summed E-state index contributed by atoms with van der Waals surface area (Å²) < 4.78 is 5.38. The van der Waals surface area contributed by atoms with Gasteiger partial charge in [-0.1, -0.05) is 27.2 Å². The minimum Gasteiger partial charge on any atom is -0.380 e. The first kappa shape index (κ1) is 17.4. The second kappa shape index (κ2) is 11.5. The normalized spacial score (nSPS) is 12.7. The first-order valence-electron chi connectivity index (χ1n) is 7.14. The Labute approximate surface area is 112 Å². The fourth-order valence-electron chi connectivity index (χ4n) is 1.87. The number of carbonyl (C=O) groups excluding carboxylic acids is 1. The van der Waals surface area contributed by atoms with Gasteiger partial charge in [-0.15, -0.1) is 0 Å². The SMILES string of the molecule is CCCCOCCNC(=O)C[C@@H](CN)CC(C)C. The van der Waals surface area contributed by atoms with Gasteiger partial charge >= 0.3 is 0 Å². The van der Waals surface area contributed by atoms with E-state index in [1.54, 1.807) is 0 Å². The number of rotatable bonds is 11. The van der Waals surface area contributed by atoms with Gasteiger partial charge in [0.25, 0.3) is 0 Å². The third-order valence-electron chi connectivity index (χ3n) is 2.82. The number of amides is 1. The molecule has 4 nitrogen and oxygen atoms in total. The standard InChI is InChI=1S/C14H30N2O2/c1-4-5-7-18-8-6-16-14(17)10-13(11-15)9-12(2)3/h12-13H,4-11,15H2,1-3H3,(H,16,17)/t13-/m0/s1. The van der Waals surface area contributed by atoms with Crippen LogP contribution in [0.2, 0.25) is 0 Å². The van der Waals surface area contributed by atoms with Crippen molar-refractivity contribution in [2.24, 2.45) is 17.6 Å². The van der Waals surface area contributed by atoms with Crippen molar-refractivity contribution < 1.29 is 9.53 Å². The van der Waals surface area contributed by atoms with Gasteiger partial charge in [-0.2, -0.15) is 0 Å². The molecule has 0 aromatic heterocycles. The summed E-state index contributed by atoms with van der Waals surface area (Å²) in [5, 5.41) is 2.88. The van der Waals surface area contributed by atoms with E-state index in [9.17, 15) is 4.79 Å². The Bertz CT molecular complexity index is 208. The lowest BCUT2D eigenvalue weighted by molar-refractivity contribution is -0.122. The van der Waals surface area contributed by atoms with Gasteiger partial charge in [-0.05, 0) is 31.2 Å². The molecule has 0 aliphatic carbocycles. The van der Waals surface area contributed by atoms with E-state index in [0.29, 0.717) is 38.0 Å². The molecule has 0 aromatic rings. The van der Waals surface area contributed by atoms with E-state index in [-0.39, 0.29) is 5.91 Å². The third kappa shape index (κ3) is 10.5. The lowest BCUT2D eigenvalue weighted by Crippen LogP contribution is -2.31. The van der Waals surface area contributed by atoms with E-state index in [1.807, 2.05) is 0 Å². The monoisotopic (exact) mass is 258 g/mol. The molecule has 0 saturated heterocycles. The Balaban J connectivity index is 3.56. The van der Waals surface area contributed by atoms with Crippen LogP contribution < -0.4 is 11.1 Å². The van der Waals surface area contributed by atoms with Crippen LogP contribution in [0.25, 0.3) is 0 Å². The van der Waals surface area contributed by atoms with Crippen molar-refractivity contribution in [2.45, 2.75) is 46.5 Å². The highest BCUT2D eigenvalue weighted by Gasteiger charge is 2.13. The van der Waals surface area contributed by atoms with Crippen molar-refractivity contribution in [2.75, 3.05) is 26.3 Å². The molecule has 0 bridgehead atoms. The number of ether oxygens (including phenoxy) is 1. The summed E-state index contributed by atoms with van der Waals surface area (Å²) in [5.41, 5.74) is 5.67. The molecule has 4 heteroatoms. The van der Waals surface area contributed by atoms with Crippen molar-refractivity contribution in [1.82, 2.24) is 5.32 Å². The van der Waals surface area contributed by atoms with Crippen LogP contribution in [0.3, 0.4) is 0 Å². The lowest BCUT2D eigenvalue weighted by atomic mass is 9.94. The van der Waals surface area contributed by atoms with Gasteiger partial charge in [0, 0.05) is 19.6 Å². The molecular formula is C14H30N2O2. The topological polar surface area (TPSA) is 64.3 Å². The zero-order valence-electron chi connectivity index (χ0n) is 12.2. The Kier molecular flexibility index (Phi) is 11.1. The molecule has 0 saturated carbocycles. The van der Waals surface area contributed by atoms with Gasteiger partial charge < -0.3 is 15.8 Å². The van der Waals surface area contributed by atoms with Crippen molar-refractivity contribution in [1.29, 1.82) is 0 Å². The number of hydrogen-bond acceptors (Lipinski definition) is 3. The van der Waals surface area contributed by atoms with Crippen molar-refractivity contribution in [3.8, 4) is 0 Å². The summed E-state index contributed by atoms with van der Waals surface area (Å²) in [7, 11) is 0. The van der Waals surface area contributed by atoms with Gasteiger partial charge in [0.05, 0.1) is 6.61 Å². The molecule has 3 N–H and O–H groups in total. The largest absolute Gasteiger partial charge is 0.380 e. The Morgan fingerprint density at radius 3 is 2.61 bits per heavy atom. The fraction of sp³-hybridized carbons (Fsp3) is 0.929. The highest BCUT2D eigenvalue weighted by molar-refractivity contribution is 5.76. The van der Waals surface area contributed by atoms with Crippen LogP contribution in [0, 0.1) is 11.8 Å². The molecule has 0 aromatic carbocycles. The fourth-order valence-corrected chi connectivity index (χ4v) is 1.87. The maximum absolute atomic E-state index is 11.7. The van der Waals surface area contributed by atoms with E-state index < -0.39 is 0 Å². The highest BCUT2D eigenvalue weighted by atomic mass is 16.5. The minimum absolute atomic E-state index is 0.0881. The Morgan fingerprint density at radius 2 is 2.06 bits per heavy atom. The van der Waals surface area contributed by atoms with Crippen LogP contribution in [-0.2, 0) is 9.53 Å². The van der Waals surface area contributed by atoms with Gasteiger partial charge in [-0.25, -0.2) is 0 Å². The predicted octanol–water partition coefficient (Wildman–Crippen LogP) is 1.93. The van der Waals surface area contributed by atoms with Crippen LogP contribution in [0.5, 0.6) is 0 Å². The van der Waals surface area contributed by atoms with E-state index in [4.69, 9.17) is 10.5 Å². The van der Waals surface area contributed by atoms with Crippen LogP contribution in [-0.4, -0.2) is 32.2 Å². The molecule has 0 fully saturated rings. The van der Waals surface area contributed by atoms with Crippen LogP contribution in [0.1, 0.15) is 46.5 Å². The van der Waals surface area contributed by atoms with E-state index in [2.05, 4.69) is 26.1 Å². The first-order valence-corrected chi connectivity index (χ1v) is 7.14. The maximum Gasteiger partial charge on any atom is 0.220 e. The number of nitrogens with two attached hydrogens (primary N) is 1. The average molecular weight is 258 g/mol. The predicted molar refractivity (Wildman–Crippen MR) is 75.4 cm³/mol. The van der Waals surface area contributed by atoms with Gasteiger partial charge in [0.15, 0.2) is 0 Å². The molecule has 0 spiro atoms. The zero-order valence-corrected chi connectivity index (χ0v) is 12.2.